The smallest absolute Gasteiger partial charge is 0.215 e. The fourth-order valence-corrected chi connectivity index (χ4v) is 0. The molecule has 0 saturated carbocycles. The Balaban J connectivity index is 0. The largest absolute Gasteiger partial charge is 0.400 e. The molecule has 4 heavy (non-hydrogen) atoms. The first-order valence-corrected chi connectivity index (χ1v) is 1.58. The van der Waals surface area contributed by atoms with E-state index in [0.29, 0.717) is 0 Å². The maximum Gasteiger partial charge on any atom is 0.215 e. The number of hydrogen-bond acceptors (Lipinski definition) is 1. The predicted molar refractivity (Wildman–Crippen MR) is 22.5 cm³/mol. The minimum atomic E-state index is 1.00. The third-order valence-electron chi connectivity index (χ3n) is 0. The molecule has 0 aromatic rings. The lowest BCUT2D eigenvalue weighted by atomic mass is 10.8. The first-order chi connectivity index (χ1) is 2.00. The molecular weight excluding hydrogens is 74.3 g/mol. The Morgan fingerprint density at radius 2 is 1.50 bits per heavy atom. The molecule has 0 radical (unpaired) electrons. The highest BCUT2D eigenvalue weighted by molar-refractivity contribution is 6.80. The van der Waals surface area contributed by atoms with Gasteiger partial charge in [-0.25, -0.2) is 11.5 Å². The van der Waals surface area contributed by atoms with Crippen LogP contribution in [0.1, 0.15) is 0 Å². The molecule has 0 amide bonds. The van der Waals surface area contributed by atoms with Crippen molar-refractivity contribution >= 4 is 18.7 Å². The first kappa shape index (κ1) is 8.85. The number of hydrogen-bond donors (Lipinski definition) is 1. The number of rotatable bonds is 0. The van der Waals surface area contributed by atoms with Crippen LogP contribution in [0.4, 0.5) is 0 Å². The quantitative estimate of drug-likeness (QED) is 0.385. The molecular formula is CH6BClO. The van der Waals surface area contributed by atoms with Gasteiger partial charge >= 0.3 is 0 Å². The first-order valence-electron chi connectivity index (χ1n) is 0.825. The van der Waals surface area contributed by atoms with Gasteiger partial charge in [-0.15, -0.1) is 0 Å². The molecule has 0 aliphatic rings. The fourth-order valence-electron chi connectivity index (χ4n) is 0. The normalized spacial score (nSPS) is 2.75. The third-order valence-corrected chi connectivity index (χ3v) is 0. The van der Waals surface area contributed by atoms with Gasteiger partial charge in [0, 0.05) is 7.11 Å². The Morgan fingerprint density at radius 1 is 1.50 bits per heavy atom. The Kier molecular flexibility index (Phi) is 396. The maximum absolute atomic E-state index is 7.00. The summed E-state index contributed by atoms with van der Waals surface area (Å²) in [4.78, 5) is 0. The van der Waals surface area contributed by atoms with Gasteiger partial charge in [-0.3, -0.25) is 0 Å². The van der Waals surface area contributed by atoms with Crippen molar-refractivity contribution in [3.05, 3.63) is 0 Å². The van der Waals surface area contributed by atoms with Crippen LogP contribution in [-0.2, 0) is 0 Å². The minimum absolute atomic E-state index is 1.00. The zero-order chi connectivity index (χ0) is 4.00. The summed E-state index contributed by atoms with van der Waals surface area (Å²) in [7, 11) is 2.47. The van der Waals surface area contributed by atoms with E-state index in [1.54, 1.807) is 0 Å². The lowest BCUT2D eigenvalue weighted by molar-refractivity contribution is 0.399. The van der Waals surface area contributed by atoms with Crippen LogP contribution in [0.3, 0.4) is 0 Å². The molecule has 0 saturated heterocycles. The van der Waals surface area contributed by atoms with Crippen molar-refractivity contribution in [2.24, 2.45) is 0 Å². The van der Waals surface area contributed by atoms with Gasteiger partial charge in [0.25, 0.3) is 0 Å². The van der Waals surface area contributed by atoms with Crippen molar-refractivity contribution in [2.45, 2.75) is 0 Å². The lowest BCUT2D eigenvalue weighted by Crippen LogP contribution is -1.25. The Bertz CT molecular complexity index is 8.00. The molecule has 0 spiro atoms. The van der Waals surface area contributed by atoms with E-state index in [9.17, 15) is 0 Å². The molecule has 0 aromatic heterocycles. The minimum Gasteiger partial charge on any atom is -0.400 e. The van der Waals surface area contributed by atoms with Gasteiger partial charge in [0.05, 0.1) is 0 Å². The molecule has 0 heterocycles. The summed E-state index contributed by atoms with van der Waals surface area (Å²) in [5.74, 6) is 0. The molecule has 0 bridgehead atoms. The highest BCUT2D eigenvalue weighted by atomic mass is 35.5. The van der Waals surface area contributed by atoms with E-state index < -0.39 is 0 Å². The molecule has 0 aliphatic heterocycles. The molecule has 26 valence electrons. The van der Waals surface area contributed by atoms with Gasteiger partial charge in [0.1, 0.15) is 0 Å². The highest BCUT2D eigenvalue weighted by Crippen LogP contribution is 1.29. The average molecular weight is 80.3 g/mol. The van der Waals surface area contributed by atoms with Crippen LogP contribution < -0.4 is 0 Å². The Morgan fingerprint density at radius 3 is 1.50 bits per heavy atom. The van der Waals surface area contributed by atoms with Crippen molar-refractivity contribution in [2.75, 3.05) is 7.11 Å². The zero-order valence-corrected chi connectivity index (χ0v) is 3.58. The monoisotopic (exact) mass is 80.0 g/mol. The van der Waals surface area contributed by atoms with Crippen LogP contribution in [-0.4, -0.2) is 19.5 Å². The van der Waals surface area contributed by atoms with E-state index >= 15 is 0 Å². The van der Waals surface area contributed by atoms with Crippen LogP contribution in [0.15, 0.2) is 0 Å². The summed E-state index contributed by atoms with van der Waals surface area (Å²) < 4.78 is 0. The summed E-state index contributed by atoms with van der Waals surface area (Å²) in [6, 6.07) is 0. The van der Waals surface area contributed by atoms with Crippen LogP contribution in [0.5, 0.6) is 0 Å². The second-order valence-corrected chi connectivity index (χ2v) is 0. The second-order valence-electron chi connectivity index (χ2n) is 0. The van der Waals surface area contributed by atoms with Crippen LogP contribution in [0.2, 0.25) is 0 Å². The second kappa shape index (κ2) is 179. The number of halogens is 1. The standard InChI is InChI=1S/CH4O.BClH2/c2*1-2/h2H,1H3;1H2. The van der Waals surface area contributed by atoms with E-state index in [4.69, 9.17) is 5.11 Å². The van der Waals surface area contributed by atoms with Gasteiger partial charge in [-0.1, -0.05) is 0 Å². The zero-order valence-electron chi connectivity index (χ0n) is 2.83. The van der Waals surface area contributed by atoms with Gasteiger partial charge < -0.3 is 5.11 Å². The molecule has 0 unspecified atom stereocenters. The average Bonchev–Trinajstić information content (AvgIpc) is 1.50. The fraction of sp³-hybridized carbons (Fsp3) is 1.00. The lowest BCUT2D eigenvalue weighted by Gasteiger charge is -1.21. The predicted octanol–water partition coefficient (Wildman–Crippen LogP) is -0.618. The van der Waals surface area contributed by atoms with Crippen molar-refractivity contribution in [3.8, 4) is 0 Å². The molecule has 1 nitrogen and oxygen atoms in total. The molecule has 0 aliphatic carbocycles. The van der Waals surface area contributed by atoms with Gasteiger partial charge in [-0.05, 0) is 0 Å². The summed E-state index contributed by atoms with van der Waals surface area (Å²) in [5.41, 5.74) is 0. The van der Waals surface area contributed by atoms with E-state index in [0.717, 1.165) is 7.11 Å². The summed E-state index contributed by atoms with van der Waals surface area (Å²) in [6.07, 6.45) is 0. The molecule has 0 rings (SSSR count). The van der Waals surface area contributed by atoms with Crippen LogP contribution in [0.25, 0.3) is 0 Å². The van der Waals surface area contributed by atoms with E-state index in [1.165, 1.54) is 7.26 Å². The molecule has 0 atom stereocenters. The SMILES string of the molecule is BCl.CO. The van der Waals surface area contributed by atoms with Crippen LogP contribution >= 0.6 is 11.5 Å². The van der Waals surface area contributed by atoms with Crippen molar-refractivity contribution in [1.82, 2.24) is 0 Å². The van der Waals surface area contributed by atoms with E-state index in [-0.39, 0.29) is 0 Å². The van der Waals surface area contributed by atoms with E-state index in [2.05, 4.69) is 11.5 Å². The molecule has 0 aromatic carbocycles. The van der Waals surface area contributed by atoms with Gasteiger partial charge in [0.15, 0.2) is 0 Å². The van der Waals surface area contributed by atoms with Gasteiger partial charge in [-0.2, -0.15) is 0 Å². The molecule has 0 fully saturated rings. The Hall–Kier alpha value is 0.315. The van der Waals surface area contributed by atoms with Crippen molar-refractivity contribution in [1.29, 1.82) is 0 Å². The topological polar surface area (TPSA) is 20.2 Å². The molecule has 1 N–H and O–H groups in total. The van der Waals surface area contributed by atoms with Crippen molar-refractivity contribution in [3.63, 3.8) is 0 Å². The summed E-state index contributed by atoms with van der Waals surface area (Å²) >= 11 is 4.64. The van der Waals surface area contributed by atoms with Crippen molar-refractivity contribution < 1.29 is 5.11 Å². The summed E-state index contributed by atoms with van der Waals surface area (Å²) in [6.45, 7) is 0. The van der Waals surface area contributed by atoms with Gasteiger partial charge in [0.2, 0.25) is 7.26 Å². The highest BCUT2D eigenvalue weighted by Gasteiger charge is 1.03. The third kappa shape index (κ3) is 40.4. The molecule has 3 heteroatoms. The van der Waals surface area contributed by atoms with E-state index in [1.807, 2.05) is 0 Å². The maximum atomic E-state index is 7.00. The Labute approximate surface area is 31.9 Å². The summed E-state index contributed by atoms with van der Waals surface area (Å²) in [5, 5.41) is 7.00. The number of aliphatic hydroxyl groups is 1. The van der Waals surface area contributed by atoms with Crippen LogP contribution in [0, 0.1) is 0 Å². The number of aliphatic hydroxyl groups excluding tert-OH is 1.